The van der Waals surface area contributed by atoms with Crippen molar-refractivity contribution >= 4 is 0 Å². The molecule has 0 radical (unpaired) electrons. The van der Waals surface area contributed by atoms with E-state index in [1.807, 2.05) is 0 Å². The fraction of sp³-hybridized carbons (Fsp3) is 0.625. The predicted molar refractivity (Wildman–Crippen MR) is 150 cm³/mol. The van der Waals surface area contributed by atoms with Gasteiger partial charge in [-0.1, -0.05) is 103 Å². The second-order valence-corrected chi connectivity index (χ2v) is 13.9. The third-order valence-corrected chi connectivity index (χ3v) is 7.68. The largest absolute Gasteiger partial charge is 0.326 e. The molecule has 0 spiro atoms. The highest BCUT2D eigenvalue weighted by Gasteiger charge is 2.37. The van der Waals surface area contributed by atoms with Gasteiger partial charge in [-0.15, -0.1) is 0 Å². The van der Waals surface area contributed by atoms with Crippen molar-refractivity contribution in [3.63, 3.8) is 0 Å². The lowest BCUT2D eigenvalue weighted by atomic mass is 9.63. The molecule has 0 aliphatic rings. The van der Waals surface area contributed by atoms with Crippen molar-refractivity contribution in [3.05, 3.63) is 71.3 Å². The van der Waals surface area contributed by atoms with Crippen LogP contribution >= 0.6 is 0 Å². The summed E-state index contributed by atoms with van der Waals surface area (Å²) in [6, 6.07) is 19.9. The van der Waals surface area contributed by atoms with Gasteiger partial charge in [0, 0.05) is 18.0 Å². The minimum atomic E-state index is -0.282. The highest BCUT2D eigenvalue weighted by molar-refractivity contribution is 5.28. The number of nitrogens with two attached hydrogens (primary N) is 2. The van der Waals surface area contributed by atoms with Gasteiger partial charge in [-0.2, -0.15) is 0 Å². The van der Waals surface area contributed by atoms with Gasteiger partial charge in [0.05, 0.1) is 0 Å². The van der Waals surface area contributed by atoms with Gasteiger partial charge in [0.2, 0.25) is 0 Å². The quantitative estimate of drug-likeness (QED) is 0.350. The van der Waals surface area contributed by atoms with Gasteiger partial charge in [-0.05, 0) is 78.4 Å². The van der Waals surface area contributed by atoms with E-state index < -0.39 is 0 Å². The predicted octanol–water partition coefficient (Wildman–Crippen LogP) is 8.41. The molecule has 0 aliphatic carbocycles. The minimum absolute atomic E-state index is 0.189. The maximum absolute atomic E-state index is 6.74. The fourth-order valence-corrected chi connectivity index (χ4v) is 5.33. The van der Waals surface area contributed by atoms with Crippen molar-refractivity contribution in [2.24, 2.45) is 27.7 Å². The molecule has 2 nitrogen and oxygen atoms in total. The van der Waals surface area contributed by atoms with E-state index in [1.165, 1.54) is 36.0 Å². The van der Waals surface area contributed by atoms with Crippen LogP contribution in [0.1, 0.15) is 117 Å². The maximum atomic E-state index is 6.74. The van der Waals surface area contributed by atoms with E-state index in [-0.39, 0.29) is 21.8 Å². The molecule has 0 amide bonds. The zero-order valence-electron chi connectivity index (χ0n) is 23.5. The molecule has 190 valence electrons. The maximum Gasteiger partial charge on any atom is 0.0178 e. The van der Waals surface area contributed by atoms with E-state index in [1.54, 1.807) is 0 Å². The van der Waals surface area contributed by atoms with Crippen LogP contribution in [0.2, 0.25) is 0 Å². The van der Waals surface area contributed by atoms with Crippen LogP contribution in [0.25, 0.3) is 0 Å². The SMILES string of the molecule is CC(C)(C)CC(c1ccccc1)C(C)(C)CCC(C)(C)CC(c1ccc(CN)cc1)C(C)(C)N. The van der Waals surface area contributed by atoms with Gasteiger partial charge >= 0.3 is 0 Å². The normalized spacial score (nSPS) is 15.3. The van der Waals surface area contributed by atoms with Gasteiger partial charge in [0.15, 0.2) is 0 Å². The molecule has 4 N–H and O–H groups in total. The minimum Gasteiger partial charge on any atom is -0.326 e. The summed E-state index contributed by atoms with van der Waals surface area (Å²) in [4.78, 5) is 0. The molecule has 2 atom stereocenters. The van der Waals surface area contributed by atoms with E-state index in [4.69, 9.17) is 11.5 Å². The molecular formula is C32H52N2. The van der Waals surface area contributed by atoms with Gasteiger partial charge in [0.1, 0.15) is 0 Å². The lowest BCUT2D eigenvalue weighted by Gasteiger charge is -2.42. The van der Waals surface area contributed by atoms with Crippen LogP contribution in [0.5, 0.6) is 0 Å². The molecule has 0 aromatic heterocycles. The van der Waals surface area contributed by atoms with Crippen molar-refractivity contribution in [2.75, 3.05) is 0 Å². The van der Waals surface area contributed by atoms with Crippen molar-refractivity contribution in [1.29, 1.82) is 0 Å². The van der Waals surface area contributed by atoms with Crippen LogP contribution in [0.15, 0.2) is 54.6 Å². The standard InChI is InChI=1S/C32H52N2/c1-29(2,3)21-27(25-13-11-10-12-14-25)31(6,7)20-19-30(4,5)22-28(32(8,9)34)26-17-15-24(23-33)16-18-26/h10-18,27-28H,19-23,33-34H2,1-9H3. The summed E-state index contributed by atoms with van der Waals surface area (Å²) in [5, 5.41) is 0. The Bertz CT molecular complexity index is 864. The second-order valence-electron chi connectivity index (χ2n) is 13.9. The first-order valence-electron chi connectivity index (χ1n) is 13.2. The van der Waals surface area contributed by atoms with E-state index in [2.05, 4.69) is 117 Å². The second kappa shape index (κ2) is 11.0. The summed E-state index contributed by atoms with van der Waals surface area (Å²) in [6.07, 6.45) is 4.64. The Balaban J connectivity index is 2.22. The molecule has 2 aromatic rings. The number of hydrogen-bond acceptors (Lipinski definition) is 2. The Morgan fingerprint density at radius 2 is 1.18 bits per heavy atom. The summed E-state index contributed by atoms with van der Waals surface area (Å²) >= 11 is 0. The molecule has 2 aromatic carbocycles. The molecule has 2 unspecified atom stereocenters. The van der Waals surface area contributed by atoms with E-state index in [0.717, 1.165) is 6.42 Å². The highest BCUT2D eigenvalue weighted by atomic mass is 14.7. The van der Waals surface area contributed by atoms with Crippen LogP contribution in [0, 0.1) is 16.2 Å². The third kappa shape index (κ3) is 8.54. The van der Waals surface area contributed by atoms with Gasteiger partial charge in [0.25, 0.3) is 0 Å². The molecule has 0 aliphatic heterocycles. The Morgan fingerprint density at radius 1 is 0.647 bits per heavy atom. The van der Waals surface area contributed by atoms with Crippen molar-refractivity contribution in [1.82, 2.24) is 0 Å². The van der Waals surface area contributed by atoms with Crippen LogP contribution < -0.4 is 11.5 Å². The third-order valence-electron chi connectivity index (χ3n) is 7.68. The Morgan fingerprint density at radius 3 is 1.65 bits per heavy atom. The van der Waals surface area contributed by atoms with Crippen LogP contribution in [0.3, 0.4) is 0 Å². The number of hydrogen-bond donors (Lipinski definition) is 2. The van der Waals surface area contributed by atoms with E-state index in [9.17, 15) is 0 Å². The Hall–Kier alpha value is -1.64. The lowest BCUT2D eigenvalue weighted by molar-refractivity contribution is 0.152. The average molecular weight is 465 g/mol. The number of benzene rings is 2. The molecule has 0 bridgehead atoms. The molecule has 0 heterocycles. The first-order valence-corrected chi connectivity index (χ1v) is 13.2. The zero-order chi connectivity index (χ0) is 25.8. The Kier molecular flexibility index (Phi) is 9.22. The van der Waals surface area contributed by atoms with Gasteiger partial charge in [-0.25, -0.2) is 0 Å². The highest BCUT2D eigenvalue weighted by Crippen LogP contribution is 2.49. The van der Waals surface area contributed by atoms with E-state index >= 15 is 0 Å². The van der Waals surface area contributed by atoms with Crippen LogP contribution in [-0.2, 0) is 6.54 Å². The first-order chi connectivity index (χ1) is 15.5. The summed E-state index contributed by atoms with van der Waals surface area (Å²) in [7, 11) is 0. The lowest BCUT2D eigenvalue weighted by Crippen LogP contribution is -2.41. The molecule has 2 heteroatoms. The summed E-state index contributed by atoms with van der Waals surface area (Å²) in [5.74, 6) is 0.840. The first kappa shape index (κ1) is 28.6. The summed E-state index contributed by atoms with van der Waals surface area (Å²) in [5.41, 5.74) is 16.9. The van der Waals surface area contributed by atoms with E-state index in [0.29, 0.717) is 18.4 Å². The monoisotopic (exact) mass is 464 g/mol. The molecule has 0 fully saturated rings. The van der Waals surface area contributed by atoms with Crippen molar-refractivity contribution in [2.45, 2.75) is 112 Å². The summed E-state index contributed by atoms with van der Waals surface area (Å²) in [6.45, 7) is 21.8. The van der Waals surface area contributed by atoms with Crippen LogP contribution in [-0.4, -0.2) is 5.54 Å². The molecular weight excluding hydrogens is 412 g/mol. The number of rotatable bonds is 11. The molecule has 2 rings (SSSR count). The fourth-order valence-electron chi connectivity index (χ4n) is 5.33. The molecule has 0 saturated carbocycles. The molecule has 0 saturated heterocycles. The summed E-state index contributed by atoms with van der Waals surface area (Å²) < 4.78 is 0. The van der Waals surface area contributed by atoms with Crippen molar-refractivity contribution < 1.29 is 0 Å². The van der Waals surface area contributed by atoms with Crippen LogP contribution in [0.4, 0.5) is 0 Å². The zero-order valence-corrected chi connectivity index (χ0v) is 23.5. The smallest absolute Gasteiger partial charge is 0.0178 e. The molecule has 34 heavy (non-hydrogen) atoms. The topological polar surface area (TPSA) is 52.0 Å². The van der Waals surface area contributed by atoms with Gasteiger partial charge in [-0.3, -0.25) is 0 Å². The van der Waals surface area contributed by atoms with Crippen molar-refractivity contribution in [3.8, 4) is 0 Å². The Labute approximate surface area is 210 Å². The van der Waals surface area contributed by atoms with Gasteiger partial charge < -0.3 is 11.5 Å². The average Bonchev–Trinajstić information content (AvgIpc) is 2.74.